The van der Waals surface area contributed by atoms with Crippen LogP contribution in [0.25, 0.3) is 0 Å². The smallest absolute Gasteiger partial charge is 0.307 e. The third-order valence-electron chi connectivity index (χ3n) is 5.20. The molecule has 2 heterocycles. The first-order chi connectivity index (χ1) is 13.7. The van der Waals surface area contributed by atoms with Gasteiger partial charge in [-0.3, -0.25) is 4.79 Å². The number of rotatable bonds is 6. The van der Waals surface area contributed by atoms with Gasteiger partial charge in [-0.25, -0.2) is 0 Å². The zero-order valence-corrected chi connectivity index (χ0v) is 16.1. The molecule has 1 aliphatic heterocycles. The molecule has 144 valence electrons. The Morgan fingerprint density at radius 2 is 1.79 bits per heavy atom. The van der Waals surface area contributed by atoms with E-state index in [1.165, 1.54) is 0 Å². The van der Waals surface area contributed by atoms with E-state index in [1.54, 1.807) is 14.2 Å². The lowest BCUT2D eigenvalue weighted by Gasteiger charge is -2.28. The van der Waals surface area contributed by atoms with Crippen molar-refractivity contribution in [2.24, 2.45) is 0 Å². The Labute approximate surface area is 164 Å². The quantitative estimate of drug-likeness (QED) is 0.606. The Morgan fingerprint density at radius 1 is 1.04 bits per heavy atom. The molecule has 1 unspecified atom stereocenters. The molecule has 28 heavy (non-hydrogen) atoms. The van der Waals surface area contributed by atoms with Gasteiger partial charge in [-0.05, 0) is 41.0 Å². The molecule has 0 fully saturated rings. The number of nitrogens with zero attached hydrogens (tertiary/aromatic N) is 1. The van der Waals surface area contributed by atoms with Crippen molar-refractivity contribution < 1.29 is 19.0 Å². The summed E-state index contributed by atoms with van der Waals surface area (Å²) >= 11 is 0. The number of ether oxygens (including phenoxy) is 3. The van der Waals surface area contributed by atoms with Crippen LogP contribution in [-0.2, 0) is 22.7 Å². The highest BCUT2D eigenvalue weighted by atomic mass is 16.5. The van der Waals surface area contributed by atoms with Crippen molar-refractivity contribution in [2.45, 2.75) is 25.5 Å². The maximum Gasteiger partial charge on any atom is 0.307 e. The highest BCUT2D eigenvalue weighted by Gasteiger charge is 2.29. The molecule has 0 saturated heterocycles. The molecule has 1 atom stereocenters. The molecule has 0 N–H and O–H groups in total. The highest BCUT2D eigenvalue weighted by molar-refractivity contribution is 5.72. The summed E-state index contributed by atoms with van der Waals surface area (Å²) in [6, 6.07) is 17.8. The van der Waals surface area contributed by atoms with Crippen LogP contribution in [0.1, 0.15) is 34.7 Å². The molecule has 1 aromatic heterocycles. The molecule has 4 rings (SSSR count). The maximum absolute atomic E-state index is 12.6. The molecule has 3 aromatic rings. The van der Waals surface area contributed by atoms with Crippen LogP contribution in [0.15, 0.2) is 60.8 Å². The van der Waals surface area contributed by atoms with E-state index < -0.39 is 0 Å². The molecule has 5 heteroatoms. The lowest BCUT2D eigenvalue weighted by atomic mass is 9.85. The summed E-state index contributed by atoms with van der Waals surface area (Å²) in [5.41, 5.74) is 4.30. The zero-order valence-electron chi connectivity index (χ0n) is 16.1. The summed E-state index contributed by atoms with van der Waals surface area (Å²) in [6.07, 6.45) is 2.32. The van der Waals surface area contributed by atoms with Crippen LogP contribution < -0.4 is 9.47 Å². The van der Waals surface area contributed by atoms with Gasteiger partial charge >= 0.3 is 5.97 Å². The monoisotopic (exact) mass is 377 g/mol. The van der Waals surface area contributed by atoms with Crippen molar-refractivity contribution in [2.75, 3.05) is 14.2 Å². The van der Waals surface area contributed by atoms with Gasteiger partial charge in [0, 0.05) is 24.4 Å². The van der Waals surface area contributed by atoms with Crippen LogP contribution in [0.2, 0.25) is 0 Å². The van der Waals surface area contributed by atoms with Crippen molar-refractivity contribution in [3.8, 4) is 11.5 Å². The van der Waals surface area contributed by atoms with Crippen molar-refractivity contribution in [3.05, 3.63) is 83.2 Å². The van der Waals surface area contributed by atoms with Gasteiger partial charge in [0.15, 0.2) is 11.5 Å². The molecule has 0 amide bonds. The van der Waals surface area contributed by atoms with Gasteiger partial charge in [0.2, 0.25) is 0 Å². The Bertz CT molecular complexity index is 978. The first-order valence-corrected chi connectivity index (χ1v) is 9.29. The predicted octanol–water partition coefficient (Wildman–Crippen LogP) is 4.13. The molecular weight excluding hydrogens is 354 g/mol. The van der Waals surface area contributed by atoms with Crippen LogP contribution >= 0.6 is 0 Å². The molecule has 5 nitrogen and oxygen atoms in total. The second-order valence-electron chi connectivity index (χ2n) is 6.87. The fourth-order valence-electron chi connectivity index (χ4n) is 3.81. The number of aromatic nitrogens is 1. The van der Waals surface area contributed by atoms with E-state index in [9.17, 15) is 4.79 Å². The second kappa shape index (κ2) is 7.80. The Hall–Kier alpha value is -3.21. The molecule has 0 saturated carbocycles. The minimum absolute atomic E-state index is 0.0816. The Balaban J connectivity index is 1.59. The van der Waals surface area contributed by atoms with Crippen LogP contribution in [-0.4, -0.2) is 24.8 Å². The van der Waals surface area contributed by atoms with E-state index in [4.69, 9.17) is 14.2 Å². The largest absolute Gasteiger partial charge is 0.493 e. The number of methoxy groups -OCH3 is 2. The zero-order chi connectivity index (χ0) is 19.5. The summed E-state index contributed by atoms with van der Waals surface area (Å²) in [5.74, 6) is 1.07. The van der Waals surface area contributed by atoms with Crippen LogP contribution in [0.3, 0.4) is 0 Å². The van der Waals surface area contributed by atoms with E-state index in [2.05, 4.69) is 10.6 Å². The molecule has 0 radical (unpaired) electrons. The van der Waals surface area contributed by atoms with E-state index in [0.717, 1.165) is 28.9 Å². The van der Waals surface area contributed by atoms with Gasteiger partial charge in [-0.15, -0.1) is 0 Å². The van der Waals surface area contributed by atoms with Gasteiger partial charge < -0.3 is 18.8 Å². The van der Waals surface area contributed by atoms with Gasteiger partial charge in [-0.1, -0.05) is 30.3 Å². The van der Waals surface area contributed by atoms with Crippen molar-refractivity contribution in [1.82, 2.24) is 4.57 Å². The molecular formula is C23H23NO4. The molecule has 0 bridgehead atoms. The van der Waals surface area contributed by atoms with Gasteiger partial charge in [-0.2, -0.15) is 0 Å². The number of carbonyl (C=O) groups is 1. The van der Waals surface area contributed by atoms with Crippen molar-refractivity contribution >= 4 is 5.97 Å². The lowest BCUT2D eigenvalue weighted by Crippen LogP contribution is -2.21. The molecule has 1 aliphatic rings. The highest BCUT2D eigenvalue weighted by Crippen LogP contribution is 2.41. The average molecular weight is 377 g/mol. The van der Waals surface area contributed by atoms with Gasteiger partial charge in [0.25, 0.3) is 0 Å². The third kappa shape index (κ3) is 3.48. The summed E-state index contributed by atoms with van der Waals surface area (Å²) in [5, 5.41) is 0. The fraction of sp³-hybridized carbons (Fsp3) is 0.261. The fourth-order valence-corrected chi connectivity index (χ4v) is 3.81. The normalized spacial score (nSPS) is 14.7. The summed E-state index contributed by atoms with van der Waals surface area (Å²) in [7, 11) is 3.26. The topological polar surface area (TPSA) is 49.7 Å². The molecule has 2 aromatic carbocycles. The lowest BCUT2D eigenvalue weighted by molar-refractivity contribution is -0.145. The van der Waals surface area contributed by atoms with Crippen LogP contribution in [0.4, 0.5) is 0 Å². The standard InChI is InChI=1S/C23H23NO4/c1-26-21-11-17-14-24-10-6-9-20(24)19(18(17)12-22(21)27-2)13-23(25)28-15-16-7-4-3-5-8-16/h3-12,19H,13-15H2,1-2H3. The minimum atomic E-state index is -0.218. The number of carbonyl (C=O) groups excluding carboxylic acids is 1. The first kappa shape index (κ1) is 18.2. The number of hydrogen-bond donors (Lipinski definition) is 0. The van der Waals surface area contributed by atoms with Crippen molar-refractivity contribution in [1.29, 1.82) is 0 Å². The first-order valence-electron chi connectivity index (χ1n) is 9.29. The molecule has 0 spiro atoms. The number of hydrogen-bond acceptors (Lipinski definition) is 4. The third-order valence-corrected chi connectivity index (χ3v) is 5.20. The minimum Gasteiger partial charge on any atom is -0.493 e. The van der Waals surface area contributed by atoms with Gasteiger partial charge in [0.05, 0.1) is 20.6 Å². The van der Waals surface area contributed by atoms with Gasteiger partial charge in [0.1, 0.15) is 6.61 Å². The second-order valence-corrected chi connectivity index (χ2v) is 6.87. The SMILES string of the molecule is COc1cc2c(cc1OC)C(CC(=O)OCc1ccccc1)c1cccn1C2. The van der Waals surface area contributed by atoms with Crippen molar-refractivity contribution in [3.63, 3.8) is 0 Å². The van der Waals surface area contributed by atoms with E-state index in [1.807, 2.05) is 54.7 Å². The van der Waals surface area contributed by atoms with E-state index in [-0.39, 0.29) is 24.9 Å². The summed E-state index contributed by atoms with van der Waals surface area (Å²) in [4.78, 5) is 12.6. The van der Waals surface area contributed by atoms with Crippen LogP contribution in [0, 0.1) is 0 Å². The summed E-state index contributed by atoms with van der Waals surface area (Å²) < 4.78 is 18.6. The number of benzene rings is 2. The molecule has 0 aliphatic carbocycles. The van der Waals surface area contributed by atoms with E-state index >= 15 is 0 Å². The van der Waals surface area contributed by atoms with E-state index in [0.29, 0.717) is 11.5 Å². The number of esters is 1. The van der Waals surface area contributed by atoms with Crippen LogP contribution in [0.5, 0.6) is 11.5 Å². The maximum atomic E-state index is 12.6. The number of fused-ring (bicyclic) bond motifs is 2. The summed E-state index contributed by atoms with van der Waals surface area (Å²) in [6.45, 7) is 1.03. The predicted molar refractivity (Wildman–Crippen MR) is 106 cm³/mol. The Kier molecular flexibility index (Phi) is 5.06. The Morgan fingerprint density at radius 3 is 2.54 bits per heavy atom. The average Bonchev–Trinajstić information content (AvgIpc) is 3.20.